The highest BCUT2D eigenvalue weighted by Gasteiger charge is 2.24. The zero-order valence-electron chi connectivity index (χ0n) is 13.6. The molecule has 0 aromatic heterocycles. The van der Waals surface area contributed by atoms with Crippen LogP contribution in [-0.2, 0) is 4.79 Å². The van der Waals surface area contributed by atoms with Crippen molar-refractivity contribution in [1.29, 1.82) is 0 Å². The van der Waals surface area contributed by atoms with Gasteiger partial charge in [-0.3, -0.25) is 9.79 Å². The molecule has 1 heterocycles. The molecule has 7 heteroatoms. The molecule has 1 aromatic rings. The molecule has 1 aliphatic heterocycles. The lowest BCUT2D eigenvalue weighted by Gasteiger charge is -2.26. The van der Waals surface area contributed by atoms with Crippen LogP contribution in [0.25, 0.3) is 0 Å². The molecule has 23 heavy (non-hydrogen) atoms. The molecule has 0 fully saturated rings. The van der Waals surface area contributed by atoms with E-state index in [0.29, 0.717) is 13.0 Å². The van der Waals surface area contributed by atoms with Crippen molar-refractivity contribution in [2.24, 2.45) is 4.99 Å². The van der Waals surface area contributed by atoms with Crippen molar-refractivity contribution >= 4 is 53.3 Å². The number of nitrogens with one attached hydrogen (secondary N) is 3. The maximum Gasteiger partial charge on any atom is 0.225 e. The zero-order valence-corrected chi connectivity index (χ0v) is 16.7. The summed E-state index contributed by atoms with van der Waals surface area (Å²) < 4.78 is 0. The Morgan fingerprint density at radius 1 is 1.39 bits per heavy atom. The molecular formula is C16H25IN4OS. The Kier molecular flexibility index (Phi) is 9.39. The van der Waals surface area contributed by atoms with Crippen molar-refractivity contribution in [2.45, 2.75) is 18.8 Å². The first-order valence-electron chi connectivity index (χ1n) is 7.57. The molecule has 0 saturated heterocycles. The first-order chi connectivity index (χ1) is 10.7. The van der Waals surface area contributed by atoms with Crippen molar-refractivity contribution in [3.63, 3.8) is 0 Å². The molecule has 0 saturated carbocycles. The molecule has 3 N–H and O–H groups in total. The minimum absolute atomic E-state index is 0. The fraction of sp³-hybridized carbons (Fsp3) is 0.500. The number of halogens is 1. The Hall–Kier alpha value is -0.960. The van der Waals surface area contributed by atoms with Crippen molar-refractivity contribution in [1.82, 2.24) is 10.6 Å². The van der Waals surface area contributed by atoms with Crippen molar-refractivity contribution < 1.29 is 4.79 Å². The van der Waals surface area contributed by atoms with Crippen molar-refractivity contribution in [3.05, 3.63) is 29.8 Å². The van der Waals surface area contributed by atoms with Crippen molar-refractivity contribution in [2.75, 3.05) is 37.5 Å². The summed E-state index contributed by atoms with van der Waals surface area (Å²) in [5.74, 6) is 2.19. The summed E-state index contributed by atoms with van der Waals surface area (Å²) in [7, 11) is 1.77. The second kappa shape index (κ2) is 10.7. The van der Waals surface area contributed by atoms with Crippen LogP contribution in [0.2, 0.25) is 0 Å². The van der Waals surface area contributed by atoms with Crippen LogP contribution in [0.4, 0.5) is 5.69 Å². The van der Waals surface area contributed by atoms with E-state index in [1.807, 2.05) is 30.0 Å². The Morgan fingerprint density at radius 3 is 2.91 bits per heavy atom. The second-order valence-corrected chi connectivity index (χ2v) is 6.25. The van der Waals surface area contributed by atoms with Gasteiger partial charge >= 0.3 is 0 Å². The van der Waals surface area contributed by atoms with E-state index in [4.69, 9.17) is 0 Å². The SMILES string of the molecule is CN=C(NCCCSC)NCC1CC(=O)Nc2ccccc21.I. The van der Waals surface area contributed by atoms with Crippen LogP contribution in [0.15, 0.2) is 29.3 Å². The standard InChI is InChI=1S/C16H24N4OS.HI/c1-17-16(18-8-5-9-22-2)19-11-12-10-15(21)20-14-7-4-3-6-13(12)14;/h3-4,6-7,12H,5,8-11H2,1-2H3,(H,20,21)(H2,17,18,19);1H. The summed E-state index contributed by atoms with van der Waals surface area (Å²) in [6, 6.07) is 7.99. The molecule has 0 spiro atoms. The van der Waals surface area contributed by atoms with Crippen LogP contribution < -0.4 is 16.0 Å². The van der Waals surface area contributed by atoms with E-state index >= 15 is 0 Å². The number of nitrogens with zero attached hydrogens (tertiary/aromatic N) is 1. The van der Waals surface area contributed by atoms with Crippen LogP contribution in [0.3, 0.4) is 0 Å². The highest BCUT2D eigenvalue weighted by molar-refractivity contribution is 14.0. The summed E-state index contributed by atoms with van der Waals surface area (Å²) >= 11 is 1.84. The Labute approximate surface area is 159 Å². The van der Waals surface area contributed by atoms with E-state index in [1.165, 1.54) is 5.56 Å². The number of hydrogen-bond donors (Lipinski definition) is 3. The highest BCUT2D eigenvalue weighted by Crippen LogP contribution is 2.31. The lowest BCUT2D eigenvalue weighted by atomic mass is 9.90. The highest BCUT2D eigenvalue weighted by atomic mass is 127. The van der Waals surface area contributed by atoms with Gasteiger partial charge in [0.15, 0.2) is 5.96 Å². The van der Waals surface area contributed by atoms with Gasteiger partial charge in [-0.2, -0.15) is 11.8 Å². The lowest BCUT2D eigenvalue weighted by molar-refractivity contribution is -0.116. The van der Waals surface area contributed by atoms with Crippen LogP contribution in [0.1, 0.15) is 24.3 Å². The normalized spacial score (nSPS) is 16.9. The molecule has 1 atom stereocenters. The maximum atomic E-state index is 11.8. The number of rotatable bonds is 6. The number of fused-ring (bicyclic) bond motifs is 1. The molecule has 5 nitrogen and oxygen atoms in total. The number of carbonyl (C=O) groups excluding carboxylic acids is 1. The van der Waals surface area contributed by atoms with Crippen LogP contribution in [0.5, 0.6) is 0 Å². The summed E-state index contributed by atoms with van der Waals surface area (Å²) in [5.41, 5.74) is 2.11. The van der Waals surface area contributed by atoms with E-state index in [9.17, 15) is 4.79 Å². The van der Waals surface area contributed by atoms with Gasteiger partial charge in [-0.1, -0.05) is 18.2 Å². The van der Waals surface area contributed by atoms with Gasteiger partial charge in [-0.15, -0.1) is 24.0 Å². The largest absolute Gasteiger partial charge is 0.356 e. The second-order valence-electron chi connectivity index (χ2n) is 5.26. The third-order valence-corrected chi connectivity index (χ3v) is 4.36. The van der Waals surface area contributed by atoms with Gasteiger partial charge in [0.05, 0.1) is 0 Å². The topological polar surface area (TPSA) is 65.5 Å². The molecule has 0 radical (unpaired) electrons. The van der Waals surface area contributed by atoms with Gasteiger partial charge in [0.1, 0.15) is 0 Å². The molecule has 0 aliphatic carbocycles. The van der Waals surface area contributed by atoms with Crippen LogP contribution in [-0.4, -0.2) is 44.0 Å². The summed E-state index contributed by atoms with van der Waals surface area (Å²) in [6.07, 6.45) is 3.72. The quantitative estimate of drug-likeness (QED) is 0.271. The fourth-order valence-corrected chi connectivity index (χ4v) is 2.98. The monoisotopic (exact) mass is 448 g/mol. The number of para-hydroxylation sites is 1. The number of carbonyl (C=O) groups is 1. The average molecular weight is 448 g/mol. The number of guanidine groups is 1. The molecule has 1 aliphatic rings. The van der Waals surface area contributed by atoms with Crippen LogP contribution >= 0.6 is 35.7 Å². The molecule has 1 aromatic carbocycles. The molecular weight excluding hydrogens is 423 g/mol. The Bertz CT molecular complexity index is 539. The molecule has 2 rings (SSSR count). The third kappa shape index (κ3) is 6.21. The maximum absolute atomic E-state index is 11.8. The van der Waals surface area contributed by atoms with Gasteiger partial charge in [0.25, 0.3) is 0 Å². The molecule has 1 unspecified atom stereocenters. The number of thioether (sulfide) groups is 1. The van der Waals surface area contributed by atoms with Gasteiger partial charge in [0.2, 0.25) is 5.91 Å². The average Bonchev–Trinajstić information content (AvgIpc) is 2.54. The number of benzene rings is 1. The number of aliphatic imine (C=N–C) groups is 1. The first kappa shape index (κ1) is 20.1. The van der Waals surface area contributed by atoms with Gasteiger partial charge in [-0.25, -0.2) is 0 Å². The predicted molar refractivity (Wildman–Crippen MR) is 110 cm³/mol. The first-order valence-corrected chi connectivity index (χ1v) is 8.96. The van der Waals surface area contributed by atoms with E-state index < -0.39 is 0 Å². The van der Waals surface area contributed by atoms with E-state index in [1.54, 1.807) is 7.05 Å². The smallest absolute Gasteiger partial charge is 0.225 e. The van der Waals surface area contributed by atoms with E-state index in [-0.39, 0.29) is 35.8 Å². The molecule has 128 valence electrons. The minimum Gasteiger partial charge on any atom is -0.356 e. The predicted octanol–water partition coefficient (Wildman–Crippen LogP) is 2.65. The lowest BCUT2D eigenvalue weighted by Crippen LogP contribution is -2.41. The van der Waals surface area contributed by atoms with Gasteiger partial charge in [0, 0.05) is 38.2 Å². The fourth-order valence-electron chi connectivity index (χ4n) is 2.55. The van der Waals surface area contributed by atoms with Gasteiger partial charge in [-0.05, 0) is 30.1 Å². The number of hydrogen-bond acceptors (Lipinski definition) is 3. The summed E-state index contributed by atoms with van der Waals surface area (Å²) in [5, 5.41) is 9.56. The molecule has 0 bridgehead atoms. The van der Waals surface area contributed by atoms with E-state index in [2.05, 4.69) is 33.3 Å². The zero-order chi connectivity index (χ0) is 15.8. The van der Waals surface area contributed by atoms with E-state index in [0.717, 1.165) is 30.4 Å². The van der Waals surface area contributed by atoms with Crippen molar-refractivity contribution in [3.8, 4) is 0 Å². The minimum atomic E-state index is 0. The number of amides is 1. The Balaban J connectivity index is 0.00000264. The number of anilines is 1. The van der Waals surface area contributed by atoms with Crippen LogP contribution in [0, 0.1) is 0 Å². The summed E-state index contributed by atoms with van der Waals surface area (Å²) in [6.45, 7) is 1.61. The third-order valence-electron chi connectivity index (χ3n) is 3.66. The Morgan fingerprint density at radius 2 is 2.17 bits per heavy atom. The summed E-state index contributed by atoms with van der Waals surface area (Å²) in [4.78, 5) is 16.0. The molecule has 1 amide bonds. The van der Waals surface area contributed by atoms with Gasteiger partial charge < -0.3 is 16.0 Å².